The molecule has 0 amide bonds. The van der Waals surface area contributed by atoms with Gasteiger partial charge in [-0.1, -0.05) is 60.7 Å². The second-order valence-corrected chi connectivity index (χ2v) is 10.4. The summed E-state index contributed by atoms with van der Waals surface area (Å²) in [6.07, 6.45) is 3.58. The van der Waals surface area contributed by atoms with E-state index in [1.165, 1.54) is 5.56 Å². The van der Waals surface area contributed by atoms with Crippen LogP contribution in [0.15, 0.2) is 85.0 Å². The highest BCUT2D eigenvalue weighted by atomic mass is 16.5. The maximum absolute atomic E-state index is 13.0. The summed E-state index contributed by atoms with van der Waals surface area (Å²) in [7, 11) is 0. The Morgan fingerprint density at radius 2 is 1.26 bits per heavy atom. The van der Waals surface area contributed by atoms with Crippen molar-refractivity contribution in [2.45, 2.75) is 45.1 Å². The van der Waals surface area contributed by atoms with Gasteiger partial charge in [0.25, 0.3) is 0 Å². The molecule has 0 aliphatic carbocycles. The number of ether oxygens (including phenoxy) is 1. The van der Waals surface area contributed by atoms with Crippen molar-refractivity contribution in [1.82, 2.24) is 0 Å². The summed E-state index contributed by atoms with van der Waals surface area (Å²) in [5, 5.41) is 34.5. The van der Waals surface area contributed by atoms with E-state index in [2.05, 4.69) is 56.3 Å². The lowest BCUT2D eigenvalue weighted by Gasteiger charge is -2.39. The van der Waals surface area contributed by atoms with E-state index in [9.17, 15) is 34.2 Å². The minimum Gasteiger partial charge on any atom is -0.545 e. The number of rotatable bonds is 13. The van der Waals surface area contributed by atoms with Crippen molar-refractivity contribution in [3.8, 4) is 0 Å². The van der Waals surface area contributed by atoms with Crippen LogP contribution in [0.25, 0.3) is 0 Å². The molecule has 46 heavy (non-hydrogen) atoms. The van der Waals surface area contributed by atoms with Gasteiger partial charge in [-0.2, -0.15) is 0 Å². The summed E-state index contributed by atoms with van der Waals surface area (Å²) in [6, 6.07) is 21.7. The number of carboxylic acid groups (broad SMARTS) is 4. The number of carbonyl (C=O) groups excluding carboxylic acids is 3. The van der Waals surface area contributed by atoms with Crippen molar-refractivity contribution in [2.75, 3.05) is 39.3 Å². The Hall–Kier alpha value is -4.81. The van der Waals surface area contributed by atoms with Crippen molar-refractivity contribution >= 4 is 29.8 Å². The molecule has 12 heteroatoms. The molecule has 1 aliphatic rings. The van der Waals surface area contributed by atoms with Crippen LogP contribution >= 0.6 is 0 Å². The number of esters is 1. The van der Waals surface area contributed by atoms with Gasteiger partial charge in [0.15, 0.2) is 6.04 Å². The van der Waals surface area contributed by atoms with Crippen LogP contribution in [0.2, 0.25) is 0 Å². The molecule has 2 aromatic rings. The number of likely N-dealkylation sites (tertiary alicyclic amines) is 1. The molecule has 1 heterocycles. The van der Waals surface area contributed by atoms with Crippen molar-refractivity contribution in [1.29, 1.82) is 0 Å². The van der Waals surface area contributed by atoms with E-state index in [-0.39, 0.29) is 5.97 Å². The number of carboxylic acids is 4. The van der Waals surface area contributed by atoms with E-state index >= 15 is 0 Å². The lowest BCUT2D eigenvalue weighted by molar-refractivity contribution is -0.982. The van der Waals surface area contributed by atoms with Crippen LogP contribution in [0, 0.1) is 0 Å². The number of likely N-dealkylation sites (N-methyl/N-ethyl adjacent to an activating group) is 1. The van der Waals surface area contributed by atoms with Gasteiger partial charge in [-0.3, -0.25) is 4.79 Å². The zero-order chi connectivity index (χ0) is 34.5. The van der Waals surface area contributed by atoms with Crippen molar-refractivity contribution in [3.63, 3.8) is 0 Å². The van der Waals surface area contributed by atoms with Crippen molar-refractivity contribution in [3.05, 3.63) is 96.1 Å². The van der Waals surface area contributed by atoms with Gasteiger partial charge in [-0.05, 0) is 38.5 Å². The first-order chi connectivity index (χ1) is 21.9. The SMILES string of the molecule is CCOC(=O)C1(c2ccccc2)CC[NH+](CC(c2ccccc2)[NH+](CC)CC)CC1.O=C([O-])/C=C\C(=O)O.O=C([O-])/C=C\C(=O)O. The van der Waals surface area contributed by atoms with Crippen molar-refractivity contribution < 1.29 is 58.9 Å². The maximum atomic E-state index is 13.0. The summed E-state index contributed by atoms with van der Waals surface area (Å²) < 4.78 is 5.55. The quantitative estimate of drug-likeness (QED) is 0.149. The average Bonchev–Trinajstić information content (AvgIpc) is 3.05. The third-order valence-electron chi connectivity index (χ3n) is 7.62. The molecule has 1 saturated heterocycles. The lowest BCUT2D eigenvalue weighted by Crippen LogP contribution is -3.21. The number of carbonyl (C=O) groups is 5. The smallest absolute Gasteiger partial charge is 0.328 e. The highest BCUT2D eigenvalue weighted by molar-refractivity contribution is 5.89. The number of aliphatic carboxylic acids is 4. The summed E-state index contributed by atoms with van der Waals surface area (Å²) >= 11 is 0. The number of benzene rings is 2. The van der Waals surface area contributed by atoms with Gasteiger partial charge in [-0.15, -0.1) is 0 Å². The van der Waals surface area contributed by atoms with E-state index < -0.39 is 29.3 Å². The molecule has 0 radical (unpaired) electrons. The van der Waals surface area contributed by atoms with E-state index in [1.54, 1.807) is 9.80 Å². The molecule has 0 bridgehead atoms. The highest BCUT2D eigenvalue weighted by Gasteiger charge is 2.46. The van der Waals surface area contributed by atoms with Gasteiger partial charge in [0.2, 0.25) is 0 Å². The molecule has 4 N–H and O–H groups in total. The topological polar surface area (TPSA) is 190 Å². The summed E-state index contributed by atoms with van der Waals surface area (Å²) in [5.74, 6) is -5.66. The summed E-state index contributed by atoms with van der Waals surface area (Å²) in [5.41, 5.74) is 2.04. The summed E-state index contributed by atoms with van der Waals surface area (Å²) in [6.45, 7) is 12.2. The fourth-order valence-corrected chi connectivity index (χ4v) is 5.36. The van der Waals surface area contributed by atoms with E-state index in [4.69, 9.17) is 14.9 Å². The van der Waals surface area contributed by atoms with Crippen LogP contribution < -0.4 is 20.0 Å². The lowest BCUT2D eigenvalue weighted by atomic mass is 9.72. The van der Waals surface area contributed by atoms with Gasteiger partial charge in [0.1, 0.15) is 12.0 Å². The molecular weight excluding hydrogens is 596 g/mol. The zero-order valence-electron chi connectivity index (χ0n) is 26.5. The van der Waals surface area contributed by atoms with Crippen LogP contribution in [0.1, 0.15) is 50.8 Å². The van der Waals surface area contributed by atoms with Gasteiger partial charge in [-0.25, -0.2) is 9.59 Å². The highest BCUT2D eigenvalue weighted by Crippen LogP contribution is 2.34. The maximum Gasteiger partial charge on any atom is 0.328 e. The standard InChI is InChI=1S/C26H36N2O2.2C4H4O4/c1-4-28(5-2)24(22-13-9-7-10-14-22)21-27-19-17-26(18-20-27,25(29)30-6-3)23-15-11-8-12-16-23;2*5-3(6)1-2-4(7)8/h7-16,24H,4-6,17-21H2,1-3H3;2*1-2H,(H,5,6)(H,7,8)/b;2*2-1-. The van der Waals surface area contributed by atoms with Crippen LogP contribution in [-0.2, 0) is 34.1 Å². The Morgan fingerprint density at radius 3 is 1.63 bits per heavy atom. The fraction of sp³-hybridized carbons (Fsp3) is 0.382. The largest absolute Gasteiger partial charge is 0.545 e. The minimum absolute atomic E-state index is 0.0516. The summed E-state index contributed by atoms with van der Waals surface area (Å²) in [4.78, 5) is 54.2. The molecular formula is C34H44N2O10. The van der Waals surface area contributed by atoms with E-state index in [1.807, 2.05) is 25.1 Å². The molecule has 250 valence electrons. The molecule has 1 atom stereocenters. The first kappa shape index (κ1) is 39.2. The molecule has 1 unspecified atom stereocenters. The Bertz CT molecular complexity index is 1230. The van der Waals surface area contributed by atoms with Gasteiger partial charge in [0, 0.05) is 30.6 Å². The molecule has 0 spiro atoms. The minimum atomic E-state index is -1.51. The Balaban J connectivity index is 0.000000545. The predicted molar refractivity (Wildman–Crippen MR) is 164 cm³/mol. The normalized spacial score (nSPS) is 18.0. The monoisotopic (exact) mass is 640 g/mol. The number of nitrogens with one attached hydrogen (secondary N) is 2. The molecule has 12 nitrogen and oxygen atoms in total. The van der Waals surface area contributed by atoms with Crippen LogP contribution in [0.4, 0.5) is 0 Å². The molecule has 2 aromatic carbocycles. The first-order valence-corrected chi connectivity index (χ1v) is 15.1. The number of quaternary nitrogens is 2. The second-order valence-electron chi connectivity index (χ2n) is 10.4. The average molecular weight is 641 g/mol. The van der Waals surface area contributed by atoms with Crippen LogP contribution in [0.3, 0.4) is 0 Å². The van der Waals surface area contributed by atoms with Gasteiger partial charge < -0.3 is 44.6 Å². The Morgan fingerprint density at radius 1 is 0.804 bits per heavy atom. The van der Waals surface area contributed by atoms with Crippen molar-refractivity contribution in [2.24, 2.45) is 0 Å². The van der Waals surface area contributed by atoms with Crippen LogP contribution in [0.5, 0.6) is 0 Å². The second kappa shape index (κ2) is 21.0. The molecule has 3 rings (SSSR count). The van der Waals surface area contributed by atoms with Gasteiger partial charge >= 0.3 is 17.9 Å². The predicted octanol–water partition coefficient (Wildman–Crippen LogP) is -1.41. The third-order valence-corrected chi connectivity index (χ3v) is 7.62. The van der Waals surface area contributed by atoms with Gasteiger partial charge in [0.05, 0.1) is 44.7 Å². The number of hydrogen-bond donors (Lipinski definition) is 4. The van der Waals surface area contributed by atoms with Crippen LogP contribution in [-0.4, -0.2) is 79.4 Å². The van der Waals surface area contributed by atoms with E-state index in [0.29, 0.717) is 37.0 Å². The Labute approximate surface area is 269 Å². The molecule has 0 aromatic heterocycles. The molecule has 0 saturated carbocycles. The fourth-order valence-electron chi connectivity index (χ4n) is 5.36. The Kier molecular flexibility index (Phi) is 17.9. The number of piperidine rings is 1. The first-order valence-electron chi connectivity index (χ1n) is 15.1. The van der Waals surface area contributed by atoms with E-state index in [0.717, 1.165) is 51.1 Å². The molecule has 1 fully saturated rings. The number of hydrogen-bond acceptors (Lipinski definition) is 8. The molecule has 1 aliphatic heterocycles. The third kappa shape index (κ3) is 13.9. The zero-order valence-corrected chi connectivity index (χ0v) is 26.5.